The molecule has 0 saturated heterocycles. The lowest BCUT2D eigenvalue weighted by molar-refractivity contribution is -0.114. The number of benzene rings is 3. The molecule has 0 fully saturated rings. The lowest BCUT2D eigenvalue weighted by Gasteiger charge is -2.03. The Kier molecular flexibility index (Phi) is 5.84. The molecule has 0 aliphatic heterocycles. The topological polar surface area (TPSA) is 83.7 Å². The molecular weight excluding hydrogens is 388 g/mol. The van der Waals surface area contributed by atoms with E-state index in [9.17, 15) is 4.79 Å². The monoisotopic (exact) mass is 410 g/mol. The number of hydrogen-bond donors (Lipinski definition) is 2. The Morgan fingerprint density at radius 2 is 1.48 bits per heavy atom. The molecule has 3 aromatic carbocycles. The van der Waals surface area contributed by atoms with E-state index in [1.807, 2.05) is 72.3 Å². The predicted molar refractivity (Wildman–Crippen MR) is 123 cm³/mol. The predicted octanol–water partition coefficient (Wildman–Crippen LogP) is 6.30. The van der Waals surface area contributed by atoms with Crippen LogP contribution in [0.4, 0.5) is 28.6 Å². The van der Waals surface area contributed by atoms with Gasteiger partial charge in [0.05, 0.1) is 17.1 Å². The van der Waals surface area contributed by atoms with Crippen LogP contribution in [0.3, 0.4) is 0 Å². The third-order valence-electron chi connectivity index (χ3n) is 4.58. The molecule has 0 radical (unpaired) electrons. The van der Waals surface area contributed by atoms with Crippen molar-refractivity contribution in [1.29, 1.82) is 0 Å². The number of aromatic nitrogens is 2. The first-order valence-electron chi connectivity index (χ1n) is 9.86. The Morgan fingerprint density at radius 3 is 2.13 bits per heavy atom. The molecule has 4 aromatic rings. The van der Waals surface area contributed by atoms with Crippen molar-refractivity contribution >= 4 is 34.5 Å². The summed E-state index contributed by atoms with van der Waals surface area (Å²) in [5, 5.41) is 19.7. The molecule has 7 nitrogen and oxygen atoms in total. The first-order chi connectivity index (χ1) is 15.1. The normalized spacial score (nSPS) is 10.9. The summed E-state index contributed by atoms with van der Waals surface area (Å²) in [7, 11) is 0. The van der Waals surface area contributed by atoms with Crippen LogP contribution in [0.25, 0.3) is 5.69 Å². The maximum atomic E-state index is 11.2. The highest BCUT2D eigenvalue weighted by Gasteiger charge is 2.16. The fourth-order valence-electron chi connectivity index (χ4n) is 3.10. The second kappa shape index (κ2) is 9.04. The highest BCUT2D eigenvalue weighted by Crippen LogP contribution is 2.34. The molecule has 0 atom stereocenters. The van der Waals surface area contributed by atoms with E-state index in [1.165, 1.54) is 6.92 Å². The van der Waals surface area contributed by atoms with E-state index < -0.39 is 0 Å². The summed E-state index contributed by atoms with van der Waals surface area (Å²) in [6, 6.07) is 26.9. The molecule has 0 spiro atoms. The number of azo groups is 1. The first-order valence-corrected chi connectivity index (χ1v) is 9.86. The number of hydrogen-bond acceptors (Lipinski definition) is 5. The fraction of sp³-hybridized carbons (Fsp3) is 0.0833. The summed E-state index contributed by atoms with van der Waals surface area (Å²) in [5.74, 6) is 0.501. The van der Waals surface area contributed by atoms with Gasteiger partial charge in [0.15, 0.2) is 11.5 Å². The van der Waals surface area contributed by atoms with Crippen molar-refractivity contribution in [3.05, 3.63) is 90.6 Å². The Hall–Kier alpha value is -4.26. The van der Waals surface area contributed by atoms with Gasteiger partial charge in [0.2, 0.25) is 5.91 Å². The van der Waals surface area contributed by atoms with Crippen molar-refractivity contribution in [1.82, 2.24) is 9.78 Å². The smallest absolute Gasteiger partial charge is 0.221 e. The molecule has 1 amide bonds. The van der Waals surface area contributed by atoms with E-state index in [4.69, 9.17) is 5.10 Å². The summed E-state index contributed by atoms with van der Waals surface area (Å²) in [5.41, 5.74) is 4.76. The lowest BCUT2D eigenvalue weighted by Crippen LogP contribution is -2.04. The standard InChI is InChI=1S/C24H22N6O/c1-17-23(28-27-21-15-13-20(14-16-21)25-18(2)31)24(26-19-9-5-3-6-10-19)29-30(17)22-11-7-4-8-12-22/h3-16H,1-2H3,(H,25,31)(H,26,29). The van der Waals surface area contributed by atoms with Gasteiger partial charge in [-0.2, -0.15) is 5.11 Å². The lowest BCUT2D eigenvalue weighted by atomic mass is 10.3. The molecular formula is C24H22N6O. The van der Waals surface area contributed by atoms with Gasteiger partial charge in [-0.25, -0.2) is 4.68 Å². The van der Waals surface area contributed by atoms with E-state index in [1.54, 1.807) is 24.3 Å². The van der Waals surface area contributed by atoms with E-state index in [0.29, 0.717) is 22.9 Å². The molecule has 2 N–H and O–H groups in total. The fourth-order valence-corrected chi connectivity index (χ4v) is 3.10. The first kappa shape index (κ1) is 20.0. The molecule has 154 valence electrons. The van der Waals surface area contributed by atoms with Crippen LogP contribution < -0.4 is 10.6 Å². The van der Waals surface area contributed by atoms with E-state index in [2.05, 4.69) is 20.9 Å². The molecule has 0 aliphatic rings. The highest BCUT2D eigenvalue weighted by molar-refractivity contribution is 5.88. The quantitative estimate of drug-likeness (QED) is 0.366. The van der Waals surface area contributed by atoms with Crippen molar-refractivity contribution in [2.24, 2.45) is 10.2 Å². The molecule has 31 heavy (non-hydrogen) atoms. The summed E-state index contributed by atoms with van der Waals surface area (Å²) < 4.78 is 1.85. The zero-order valence-electron chi connectivity index (χ0n) is 17.3. The Morgan fingerprint density at radius 1 is 0.839 bits per heavy atom. The van der Waals surface area contributed by atoms with Gasteiger partial charge in [0.1, 0.15) is 0 Å². The number of carbonyl (C=O) groups excluding carboxylic acids is 1. The van der Waals surface area contributed by atoms with Gasteiger partial charge in [-0.15, -0.1) is 10.2 Å². The van der Waals surface area contributed by atoms with Crippen LogP contribution in [0.1, 0.15) is 12.6 Å². The number of rotatable bonds is 6. The molecule has 0 bridgehead atoms. The molecule has 7 heteroatoms. The summed E-state index contributed by atoms with van der Waals surface area (Å²) in [6.07, 6.45) is 0. The Labute approximate surface area is 180 Å². The van der Waals surface area contributed by atoms with Gasteiger partial charge in [0.25, 0.3) is 0 Å². The summed E-state index contributed by atoms with van der Waals surface area (Å²) >= 11 is 0. The number of anilines is 3. The molecule has 4 rings (SSSR count). The Balaban J connectivity index is 1.68. The van der Waals surface area contributed by atoms with Crippen LogP contribution in [0.15, 0.2) is 95.2 Å². The van der Waals surface area contributed by atoms with Crippen molar-refractivity contribution in [2.75, 3.05) is 10.6 Å². The van der Waals surface area contributed by atoms with Crippen LogP contribution >= 0.6 is 0 Å². The summed E-state index contributed by atoms with van der Waals surface area (Å²) in [6.45, 7) is 3.44. The number of amides is 1. The van der Waals surface area contributed by atoms with Gasteiger partial charge < -0.3 is 10.6 Å². The SMILES string of the molecule is CC(=O)Nc1ccc(N=Nc2c(Nc3ccccc3)nn(-c3ccccc3)c2C)cc1. The van der Waals surface area contributed by atoms with Gasteiger partial charge in [0, 0.05) is 18.3 Å². The van der Waals surface area contributed by atoms with Gasteiger partial charge in [-0.3, -0.25) is 4.79 Å². The van der Waals surface area contributed by atoms with Crippen LogP contribution in [-0.4, -0.2) is 15.7 Å². The maximum Gasteiger partial charge on any atom is 0.221 e. The largest absolute Gasteiger partial charge is 0.337 e. The van der Waals surface area contributed by atoms with Crippen LogP contribution in [0.2, 0.25) is 0 Å². The maximum absolute atomic E-state index is 11.2. The average molecular weight is 410 g/mol. The molecule has 1 heterocycles. The van der Waals surface area contributed by atoms with Crippen molar-refractivity contribution in [2.45, 2.75) is 13.8 Å². The van der Waals surface area contributed by atoms with Crippen molar-refractivity contribution in [3.8, 4) is 5.69 Å². The van der Waals surface area contributed by atoms with E-state index in [-0.39, 0.29) is 5.91 Å². The van der Waals surface area contributed by atoms with Crippen LogP contribution in [0, 0.1) is 6.92 Å². The number of nitrogens with one attached hydrogen (secondary N) is 2. The van der Waals surface area contributed by atoms with Gasteiger partial charge in [-0.05, 0) is 55.5 Å². The van der Waals surface area contributed by atoms with Crippen molar-refractivity contribution in [3.63, 3.8) is 0 Å². The second-order valence-electron chi connectivity index (χ2n) is 6.95. The summed E-state index contributed by atoms with van der Waals surface area (Å²) in [4.78, 5) is 11.2. The Bertz CT molecular complexity index is 1200. The van der Waals surface area contributed by atoms with Crippen LogP contribution in [-0.2, 0) is 4.79 Å². The second-order valence-corrected chi connectivity index (χ2v) is 6.95. The molecule has 1 aromatic heterocycles. The molecule has 0 unspecified atom stereocenters. The third kappa shape index (κ3) is 4.84. The number of para-hydroxylation sites is 2. The highest BCUT2D eigenvalue weighted by atomic mass is 16.1. The van der Waals surface area contributed by atoms with Crippen molar-refractivity contribution < 1.29 is 4.79 Å². The number of nitrogens with zero attached hydrogens (tertiary/aromatic N) is 4. The minimum Gasteiger partial charge on any atom is -0.337 e. The molecule has 0 aliphatic carbocycles. The zero-order chi connectivity index (χ0) is 21.6. The van der Waals surface area contributed by atoms with Gasteiger partial charge >= 0.3 is 0 Å². The molecule has 0 saturated carbocycles. The third-order valence-corrected chi connectivity index (χ3v) is 4.58. The van der Waals surface area contributed by atoms with Gasteiger partial charge in [-0.1, -0.05) is 36.4 Å². The average Bonchev–Trinajstić information content (AvgIpc) is 3.09. The van der Waals surface area contributed by atoms with E-state index >= 15 is 0 Å². The van der Waals surface area contributed by atoms with E-state index in [0.717, 1.165) is 17.1 Å². The minimum atomic E-state index is -0.116. The minimum absolute atomic E-state index is 0.116. The van der Waals surface area contributed by atoms with Crippen LogP contribution in [0.5, 0.6) is 0 Å². The number of carbonyl (C=O) groups is 1. The zero-order valence-corrected chi connectivity index (χ0v) is 17.3.